The lowest BCUT2D eigenvalue weighted by Crippen LogP contribution is -2.45. The summed E-state index contributed by atoms with van der Waals surface area (Å²) >= 11 is 0. The molecule has 0 N–H and O–H groups in total. The molecule has 0 amide bonds. The number of hydrogen-bond acceptors (Lipinski definition) is 2. The van der Waals surface area contributed by atoms with Crippen LogP contribution in [0.2, 0.25) is 0 Å². The van der Waals surface area contributed by atoms with Crippen LogP contribution in [0.4, 0.5) is 0 Å². The van der Waals surface area contributed by atoms with Crippen molar-refractivity contribution < 1.29 is 4.74 Å². The van der Waals surface area contributed by atoms with Crippen molar-refractivity contribution in [2.24, 2.45) is 11.8 Å². The predicted octanol–water partition coefficient (Wildman–Crippen LogP) is 3.09. The summed E-state index contributed by atoms with van der Waals surface area (Å²) in [6, 6.07) is 0. The van der Waals surface area contributed by atoms with Crippen molar-refractivity contribution in [3.05, 3.63) is 0 Å². The fourth-order valence-corrected chi connectivity index (χ4v) is 2.37. The van der Waals surface area contributed by atoms with Crippen molar-refractivity contribution in [3.63, 3.8) is 0 Å². The van der Waals surface area contributed by atoms with Crippen LogP contribution in [0.25, 0.3) is 0 Å². The number of nitriles is 1. The molecule has 0 aromatic carbocycles. The van der Waals surface area contributed by atoms with Gasteiger partial charge in [-0.2, -0.15) is 5.26 Å². The Morgan fingerprint density at radius 2 is 2.15 bits per heavy atom. The Kier molecular flexibility index (Phi) is 3.19. The number of hydrogen-bond donors (Lipinski definition) is 0. The van der Waals surface area contributed by atoms with E-state index in [4.69, 9.17) is 10.00 Å². The molecule has 0 spiro atoms. The van der Waals surface area contributed by atoms with E-state index in [1.807, 2.05) is 6.26 Å². The van der Waals surface area contributed by atoms with E-state index in [1.54, 1.807) is 0 Å². The van der Waals surface area contributed by atoms with Crippen LogP contribution < -0.4 is 0 Å². The van der Waals surface area contributed by atoms with E-state index in [0.29, 0.717) is 0 Å². The zero-order chi connectivity index (χ0) is 9.90. The molecule has 2 nitrogen and oxygen atoms in total. The molecule has 0 aliphatic heterocycles. The minimum Gasteiger partial charge on any atom is -0.421 e. The van der Waals surface area contributed by atoms with Gasteiger partial charge in [-0.25, -0.2) is 0 Å². The molecule has 0 atom stereocenters. The highest BCUT2D eigenvalue weighted by Gasteiger charge is 2.45. The first kappa shape index (κ1) is 10.4. The van der Waals surface area contributed by atoms with Crippen molar-refractivity contribution in [2.45, 2.75) is 52.1 Å². The molecular weight excluding hydrogens is 162 g/mol. The molecule has 74 valence electrons. The van der Waals surface area contributed by atoms with Gasteiger partial charge in [0.05, 0.1) is 0 Å². The maximum atomic E-state index is 8.49. The highest BCUT2D eigenvalue weighted by molar-refractivity contribution is 4.96. The van der Waals surface area contributed by atoms with Crippen molar-refractivity contribution in [1.29, 1.82) is 5.26 Å². The van der Waals surface area contributed by atoms with Gasteiger partial charge in [-0.1, -0.05) is 20.8 Å². The maximum Gasteiger partial charge on any atom is 0.286 e. The summed E-state index contributed by atoms with van der Waals surface area (Å²) in [4.78, 5) is 0. The fourth-order valence-electron chi connectivity index (χ4n) is 2.37. The zero-order valence-corrected chi connectivity index (χ0v) is 8.84. The van der Waals surface area contributed by atoms with E-state index in [2.05, 4.69) is 20.8 Å². The van der Waals surface area contributed by atoms with Crippen LogP contribution >= 0.6 is 0 Å². The average molecular weight is 181 g/mol. The van der Waals surface area contributed by atoms with Crippen molar-refractivity contribution in [2.75, 3.05) is 0 Å². The topological polar surface area (TPSA) is 33.0 Å². The normalized spacial score (nSPS) is 32.4. The zero-order valence-electron chi connectivity index (χ0n) is 8.84. The lowest BCUT2D eigenvalue weighted by Gasteiger charge is -2.45. The minimum atomic E-state index is -0.0890. The first-order chi connectivity index (χ1) is 6.12. The van der Waals surface area contributed by atoms with Crippen molar-refractivity contribution in [3.8, 4) is 6.26 Å². The minimum absolute atomic E-state index is 0.0890. The van der Waals surface area contributed by atoms with Gasteiger partial charge >= 0.3 is 0 Å². The van der Waals surface area contributed by atoms with Gasteiger partial charge in [0.15, 0.2) is 0 Å². The second kappa shape index (κ2) is 4.00. The van der Waals surface area contributed by atoms with Gasteiger partial charge in [0.2, 0.25) is 0 Å². The first-order valence-corrected chi connectivity index (χ1v) is 5.19. The summed E-state index contributed by atoms with van der Waals surface area (Å²) in [5, 5.41) is 8.49. The van der Waals surface area contributed by atoms with Gasteiger partial charge in [-0.15, -0.1) is 0 Å². The molecule has 0 radical (unpaired) electrons. The molecule has 1 fully saturated rings. The number of ether oxygens (including phenoxy) is 1. The van der Waals surface area contributed by atoms with E-state index in [0.717, 1.165) is 31.1 Å². The lowest BCUT2D eigenvalue weighted by atomic mass is 9.66. The maximum absolute atomic E-state index is 8.49. The SMILES string of the molecule is CCC1(OC#N)CC(CC(C)C)C1. The van der Waals surface area contributed by atoms with Gasteiger partial charge in [-0.05, 0) is 37.5 Å². The highest BCUT2D eigenvalue weighted by atomic mass is 16.5. The Labute approximate surface area is 80.9 Å². The van der Waals surface area contributed by atoms with Crippen LogP contribution in [0.15, 0.2) is 0 Å². The van der Waals surface area contributed by atoms with Crippen molar-refractivity contribution >= 4 is 0 Å². The average Bonchev–Trinajstić information content (AvgIpc) is 1.99. The third-order valence-electron chi connectivity index (χ3n) is 3.03. The molecule has 1 aliphatic rings. The molecule has 0 aromatic rings. The van der Waals surface area contributed by atoms with Gasteiger partial charge in [0, 0.05) is 0 Å². The van der Waals surface area contributed by atoms with E-state index in [9.17, 15) is 0 Å². The Bertz CT molecular complexity index is 199. The molecule has 0 unspecified atom stereocenters. The first-order valence-electron chi connectivity index (χ1n) is 5.19. The van der Waals surface area contributed by atoms with E-state index in [-0.39, 0.29) is 5.60 Å². The molecule has 1 aliphatic carbocycles. The van der Waals surface area contributed by atoms with Crippen molar-refractivity contribution in [1.82, 2.24) is 0 Å². The fraction of sp³-hybridized carbons (Fsp3) is 0.909. The van der Waals surface area contributed by atoms with Crippen LogP contribution in [0.5, 0.6) is 0 Å². The molecular formula is C11H19NO. The summed E-state index contributed by atoms with van der Waals surface area (Å²) in [7, 11) is 0. The molecule has 13 heavy (non-hydrogen) atoms. The second-order valence-corrected chi connectivity index (χ2v) is 4.63. The Hall–Kier alpha value is -0.710. The van der Waals surface area contributed by atoms with Crippen LogP contribution in [0.1, 0.15) is 46.5 Å². The predicted molar refractivity (Wildman–Crippen MR) is 51.9 cm³/mol. The van der Waals surface area contributed by atoms with Crippen LogP contribution in [0, 0.1) is 23.4 Å². The van der Waals surface area contributed by atoms with E-state index >= 15 is 0 Å². The third-order valence-corrected chi connectivity index (χ3v) is 3.03. The summed E-state index contributed by atoms with van der Waals surface area (Å²) in [5.74, 6) is 1.55. The van der Waals surface area contributed by atoms with Gasteiger partial charge < -0.3 is 4.74 Å². The summed E-state index contributed by atoms with van der Waals surface area (Å²) in [6.07, 6.45) is 6.23. The number of nitrogens with zero attached hydrogens (tertiary/aromatic N) is 1. The monoisotopic (exact) mass is 181 g/mol. The molecule has 2 heteroatoms. The van der Waals surface area contributed by atoms with Gasteiger partial charge in [0.1, 0.15) is 5.60 Å². The second-order valence-electron chi connectivity index (χ2n) is 4.63. The summed E-state index contributed by atoms with van der Waals surface area (Å²) in [5.41, 5.74) is -0.0890. The summed E-state index contributed by atoms with van der Waals surface area (Å²) in [6.45, 7) is 6.59. The van der Waals surface area contributed by atoms with Crippen LogP contribution in [0.3, 0.4) is 0 Å². The quantitative estimate of drug-likeness (QED) is 0.624. The van der Waals surface area contributed by atoms with Crippen LogP contribution in [-0.4, -0.2) is 5.60 Å². The molecule has 0 aromatic heterocycles. The molecule has 0 bridgehead atoms. The molecule has 0 heterocycles. The smallest absolute Gasteiger partial charge is 0.286 e. The third kappa shape index (κ3) is 2.37. The molecule has 0 saturated heterocycles. The van der Waals surface area contributed by atoms with E-state index < -0.39 is 0 Å². The van der Waals surface area contributed by atoms with Gasteiger partial charge in [-0.3, -0.25) is 0 Å². The van der Waals surface area contributed by atoms with Gasteiger partial charge in [0.25, 0.3) is 6.26 Å². The highest BCUT2D eigenvalue weighted by Crippen LogP contribution is 2.45. The standard InChI is InChI=1S/C11H19NO/c1-4-11(13-8-12)6-10(7-11)5-9(2)3/h9-10H,4-7H2,1-3H3. The summed E-state index contributed by atoms with van der Waals surface area (Å²) < 4.78 is 5.13. The Morgan fingerprint density at radius 3 is 2.54 bits per heavy atom. The number of rotatable bonds is 4. The molecule has 1 saturated carbocycles. The Balaban J connectivity index is 2.32. The molecule has 1 rings (SSSR count). The largest absolute Gasteiger partial charge is 0.421 e. The Morgan fingerprint density at radius 1 is 1.54 bits per heavy atom. The van der Waals surface area contributed by atoms with Crippen LogP contribution in [-0.2, 0) is 4.74 Å². The lowest BCUT2D eigenvalue weighted by molar-refractivity contribution is -0.0816. The van der Waals surface area contributed by atoms with E-state index in [1.165, 1.54) is 6.42 Å².